The molecule has 6 heteroatoms. The molecule has 2 bridgehead atoms. The van der Waals surface area contributed by atoms with Crippen LogP contribution in [0.25, 0.3) is 0 Å². The first-order chi connectivity index (χ1) is 13.8. The Labute approximate surface area is 172 Å². The van der Waals surface area contributed by atoms with Crippen molar-refractivity contribution in [3.05, 3.63) is 11.6 Å². The monoisotopic (exact) mass is 406 g/mol. The van der Waals surface area contributed by atoms with E-state index in [0.29, 0.717) is 30.3 Å². The van der Waals surface area contributed by atoms with Gasteiger partial charge in [-0.1, -0.05) is 19.9 Å². The number of ketones is 1. The smallest absolute Gasteiger partial charge is 0.201 e. The van der Waals surface area contributed by atoms with E-state index < -0.39 is 23.8 Å². The van der Waals surface area contributed by atoms with Crippen LogP contribution in [-0.4, -0.2) is 40.8 Å². The molecule has 9 atom stereocenters. The van der Waals surface area contributed by atoms with Gasteiger partial charge >= 0.3 is 0 Å². The van der Waals surface area contributed by atoms with Crippen molar-refractivity contribution in [1.29, 1.82) is 0 Å². The molecular weight excluding hydrogens is 372 g/mol. The molecule has 4 heterocycles. The molecule has 0 unspecified atom stereocenters. The highest BCUT2D eigenvalue weighted by molar-refractivity contribution is 5.96. The molecule has 5 fully saturated rings. The van der Waals surface area contributed by atoms with Gasteiger partial charge in [-0.15, -0.1) is 0 Å². The summed E-state index contributed by atoms with van der Waals surface area (Å²) in [6, 6.07) is 0. The van der Waals surface area contributed by atoms with E-state index in [1.807, 2.05) is 13.0 Å². The maximum atomic E-state index is 12.3. The Balaban J connectivity index is 1.43. The quantitative estimate of drug-likeness (QED) is 0.721. The van der Waals surface area contributed by atoms with E-state index in [9.17, 15) is 9.90 Å². The van der Waals surface area contributed by atoms with Crippen LogP contribution in [-0.2, 0) is 24.0 Å². The second kappa shape index (κ2) is 7.13. The Bertz CT molecular complexity index is 705. The van der Waals surface area contributed by atoms with E-state index in [4.69, 9.17) is 19.2 Å². The highest BCUT2D eigenvalue weighted by atomic mass is 17.3. The van der Waals surface area contributed by atoms with Crippen LogP contribution in [0.5, 0.6) is 0 Å². The van der Waals surface area contributed by atoms with Gasteiger partial charge in [-0.3, -0.25) is 4.79 Å². The third kappa shape index (κ3) is 3.06. The van der Waals surface area contributed by atoms with Gasteiger partial charge in [0.1, 0.15) is 0 Å². The lowest BCUT2D eigenvalue weighted by molar-refractivity contribution is -0.571. The number of carbonyl (C=O) groups is 1. The first-order valence-electron chi connectivity index (χ1n) is 11.5. The van der Waals surface area contributed by atoms with Crippen molar-refractivity contribution >= 4 is 5.78 Å². The topological polar surface area (TPSA) is 74.2 Å². The van der Waals surface area contributed by atoms with Crippen LogP contribution in [0.3, 0.4) is 0 Å². The first kappa shape index (κ1) is 20.1. The van der Waals surface area contributed by atoms with E-state index in [-0.39, 0.29) is 23.7 Å². The first-order valence-corrected chi connectivity index (χ1v) is 11.5. The van der Waals surface area contributed by atoms with Crippen LogP contribution in [0, 0.1) is 23.7 Å². The number of aliphatic hydroxyl groups is 1. The number of rotatable bonds is 3. The summed E-state index contributed by atoms with van der Waals surface area (Å²) in [5, 5.41) is 10.8. The zero-order valence-electron chi connectivity index (χ0n) is 17.8. The molecule has 0 amide bonds. The molecule has 1 saturated carbocycles. The number of Topliss-reactive ketones (excluding diaryl/α,β-unsaturated/α-hetero) is 1. The summed E-state index contributed by atoms with van der Waals surface area (Å²) >= 11 is 0. The largest absolute Gasteiger partial charge is 0.388 e. The van der Waals surface area contributed by atoms with Gasteiger partial charge < -0.3 is 14.6 Å². The minimum atomic E-state index is -0.789. The molecule has 6 nitrogen and oxygen atoms in total. The second-order valence-corrected chi connectivity index (χ2v) is 10.2. The second-order valence-electron chi connectivity index (χ2n) is 10.2. The summed E-state index contributed by atoms with van der Waals surface area (Å²) < 4.78 is 12.9. The van der Waals surface area contributed by atoms with Crippen LogP contribution < -0.4 is 0 Å². The molecule has 162 valence electrons. The number of hydrogen-bond acceptors (Lipinski definition) is 6. The van der Waals surface area contributed by atoms with Crippen molar-refractivity contribution in [3.63, 3.8) is 0 Å². The van der Waals surface area contributed by atoms with E-state index in [1.54, 1.807) is 0 Å². The van der Waals surface area contributed by atoms with Crippen LogP contribution >= 0.6 is 0 Å². The highest BCUT2D eigenvalue weighted by Crippen LogP contribution is 2.60. The van der Waals surface area contributed by atoms with Gasteiger partial charge in [0.15, 0.2) is 17.7 Å². The van der Waals surface area contributed by atoms with Gasteiger partial charge in [0.25, 0.3) is 0 Å². The predicted molar refractivity (Wildman–Crippen MR) is 104 cm³/mol. The lowest BCUT2D eigenvalue weighted by Crippen LogP contribution is -2.70. The Morgan fingerprint density at radius 3 is 2.83 bits per heavy atom. The van der Waals surface area contributed by atoms with E-state index >= 15 is 0 Å². The SMILES string of the molecule is C[C@H]1[C@@H](C[C@@H](O)C2=CCCCC2=O)O[C@@H]2O[C@]3(C)CC[C@H]4[C@H](C)CC[C@@H]1[C@@]24OO3. The minimum absolute atomic E-state index is 0.0734. The third-order valence-electron chi connectivity index (χ3n) is 8.40. The van der Waals surface area contributed by atoms with Gasteiger partial charge in [0, 0.05) is 30.8 Å². The van der Waals surface area contributed by atoms with Crippen molar-refractivity contribution in [2.24, 2.45) is 23.7 Å². The van der Waals surface area contributed by atoms with Crippen molar-refractivity contribution in [2.45, 2.75) is 102 Å². The Hall–Kier alpha value is -0.790. The van der Waals surface area contributed by atoms with Gasteiger partial charge in [0.05, 0.1) is 12.2 Å². The molecule has 0 radical (unpaired) electrons. The number of carbonyl (C=O) groups excluding carboxylic acids is 1. The molecule has 4 aliphatic heterocycles. The fraction of sp³-hybridized carbons (Fsp3) is 0.870. The molecule has 29 heavy (non-hydrogen) atoms. The molecule has 2 aliphatic carbocycles. The summed E-state index contributed by atoms with van der Waals surface area (Å²) in [5.74, 6) is 0.590. The molecular formula is C23H34O6. The molecule has 1 spiro atoms. The highest BCUT2D eigenvalue weighted by Gasteiger charge is 2.69. The fourth-order valence-corrected chi connectivity index (χ4v) is 6.70. The summed E-state index contributed by atoms with van der Waals surface area (Å²) in [6.07, 6.45) is 7.14. The van der Waals surface area contributed by atoms with Gasteiger partial charge in [-0.05, 0) is 56.8 Å². The lowest BCUT2D eigenvalue weighted by atomic mass is 9.57. The average Bonchev–Trinajstić information content (AvgIpc) is 2.92. The molecule has 4 saturated heterocycles. The summed E-state index contributed by atoms with van der Waals surface area (Å²) in [5.41, 5.74) is -0.00796. The summed E-state index contributed by atoms with van der Waals surface area (Å²) in [4.78, 5) is 24.3. The predicted octanol–water partition coefficient (Wildman–Crippen LogP) is 3.67. The summed E-state index contributed by atoms with van der Waals surface area (Å²) in [6.45, 7) is 6.42. The van der Waals surface area contributed by atoms with Gasteiger partial charge in [-0.2, -0.15) is 0 Å². The normalized spacial score (nSPS) is 50.5. The van der Waals surface area contributed by atoms with Crippen molar-refractivity contribution in [2.75, 3.05) is 0 Å². The minimum Gasteiger partial charge on any atom is -0.388 e. The molecule has 1 N–H and O–H groups in total. The van der Waals surface area contributed by atoms with Crippen molar-refractivity contribution in [3.8, 4) is 0 Å². The van der Waals surface area contributed by atoms with Crippen LogP contribution in [0.15, 0.2) is 11.6 Å². The Morgan fingerprint density at radius 2 is 2.03 bits per heavy atom. The number of hydrogen-bond donors (Lipinski definition) is 1. The van der Waals surface area contributed by atoms with Gasteiger partial charge in [-0.25, -0.2) is 9.78 Å². The standard InChI is InChI=1S/C23H34O6/c1-13-8-9-17-14(2)20(12-19(25)15-6-4-5-7-18(15)24)26-21-23(17)16(13)10-11-22(3,27-21)28-29-23/h6,13-14,16-17,19-21,25H,4-5,7-12H2,1-3H3/t13-,14-,16+,17+,19-,20-,21-,22+,23-/m1/s1. The average molecular weight is 407 g/mol. The van der Waals surface area contributed by atoms with Crippen molar-refractivity contribution in [1.82, 2.24) is 0 Å². The summed E-state index contributed by atoms with van der Waals surface area (Å²) in [7, 11) is 0. The van der Waals surface area contributed by atoms with E-state index in [2.05, 4.69) is 13.8 Å². The van der Waals surface area contributed by atoms with E-state index in [1.165, 1.54) is 0 Å². The number of ether oxygens (including phenoxy) is 2. The lowest BCUT2D eigenvalue weighted by Gasteiger charge is -2.60. The number of aliphatic hydroxyl groups excluding tert-OH is 1. The Kier molecular flexibility index (Phi) is 4.95. The molecule has 0 aromatic heterocycles. The van der Waals surface area contributed by atoms with Crippen LogP contribution in [0.4, 0.5) is 0 Å². The number of fused-ring (bicyclic) bond motifs is 2. The van der Waals surface area contributed by atoms with Crippen LogP contribution in [0.1, 0.15) is 72.1 Å². The molecule has 6 aliphatic rings. The van der Waals surface area contributed by atoms with Crippen molar-refractivity contribution < 1.29 is 29.1 Å². The maximum absolute atomic E-state index is 12.3. The number of allylic oxidation sites excluding steroid dienone is 1. The molecule has 0 aromatic carbocycles. The maximum Gasteiger partial charge on any atom is 0.201 e. The zero-order chi connectivity index (χ0) is 20.4. The zero-order valence-corrected chi connectivity index (χ0v) is 17.8. The Morgan fingerprint density at radius 1 is 1.21 bits per heavy atom. The van der Waals surface area contributed by atoms with Gasteiger partial charge in [0.2, 0.25) is 5.79 Å². The fourth-order valence-electron chi connectivity index (χ4n) is 6.70. The van der Waals surface area contributed by atoms with E-state index in [0.717, 1.165) is 38.5 Å². The molecule has 0 aromatic rings. The van der Waals surface area contributed by atoms with Crippen LogP contribution in [0.2, 0.25) is 0 Å². The molecule has 6 rings (SSSR count). The third-order valence-corrected chi connectivity index (χ3v) is 8.40.